The molecule has 1 N–H and O–H groups in total. The first-order valence-electron chi connectivity index (χ1n) is 7.15. The predicted molar refractivity (Wildman–Crippen MR) is 83.1 cm³/mol. The molecule has 1 aromatic carbocycles. The molecular weight excluding hydrogens is 266 g/mol. The second kappa shape index (κ2) is 5.26. The Kier molecular flexibility index (Phi) is 3.61. The molecule has 2 aromatic rings. The molecule has 3 nitrogen and oxygen atoms in total. The molecule has 0 fully saturated rings. The predicted octanol–water partition coefficient (Wildman–Crippen LogP) is 3.31. The molecule has 0 saturated heterocycles. The van der Waals surface area contributed by atoms with E-state index >= 15 is 0 Å². The smallest absolute Gasteiger partial charge is 0.131 e. The van der Waals surface area contributed by atoms with Crippen molar-refractivity contribution in [1.29, 1.82) is 0 Å². The third-order valence-electron chi connectivity index (χ3n) is 3.65. The minimum atomic E-state index is 0.120. The highest BCUT2D eigenvalue weighted by Gasteiger charge is 2.25. The molecule has 0 atom stereocenters. The van der Waals surface area contributed by atoms with Crippen molar-refractivity contribution in [1.82, 2.24) is 15.5 Å². The Bertz CT molecular complexity index is 573. The molecule has 0 spiro atoms. The van der Waals surface area contributed by atoms with Gasteiger partial charge in [0.25, 0.3) is 0 Å². The third kappa shape index (κ3) is 3.07. The Hall–Kier alpha value is -1.26. The molecule has 1 heterocycles. The van der Waals surface area contributed by atoms with E-state index in [1.165, 1.54) is 16.1 Å². The number of fused-ring (bicyclic) bond motifs is 1. The van der Waals surface area contributed by atoms with E-state index in [1.54, 1.807) is 11.3 Å². The maximum atomic E-state index is 4.41. The number of benzene rings is 1. The minimum absolute atomic E-state index is 0.120. The van der Waals surface area contributed by atoms with Crippen LogP contribution in [0.2, 0.25) is 0 Å². The van der Waals surface area contributed by atoms with Crippen LogP contribution in [0.5, 0.6) is 0 Å². The van der Waals surface area contributed by atoms with Crippen molar-refractivity contribution in [2.45, 2.75) is 51.6 Å². The summed E-state index contributed by atoms with van der Waals surface area (Å²) in [7, 11) is 0. The Labute approximate surface area is 124 Å². The fourth-order valence-electron chi connectivity index (χ4n) is 2.58. The first-order valence-corrected chi connectivity index (χ1v) is 7.97. The first kappa shape index (κ1) is 13.7. The number of hydrogen-bond donors (Lipinski definition) is 1. The van der Waals surface area contributed by atoms with E-state index in [1.807, 2.05) is 0 Å². The van der Waals surface area contributed by atoms with Gasteiger partial charge in [0.2, 0.25) is 0 Å². The second-order valence-corrected chi connectivity index (χ2v) is 7.61. The standard InChI is InChI=1S/C16H21N3S/c1-16(2,3)17-10-14-18-19-15(20-14)13-8-11-6-4-5-7-12(11)9-13/h4-7,13,17H,8-10H2,1-3H3. The number of aromatic nitrogens is 2. The average Bonchev–Trinajstić information content (AvgIpc) is 3.01. The molecule has 0 bridgehead atoms. The lowest BCUT2D eigenvalue weighted by Crippen LogP contribution is -2.35. The number of nitrogens with one attached hydrogen (secondary N) is 1. The van der Waals surface area contributed by atoms with Crippen molar-refractivity contribution in [3.63, 3.8) is 0 Å². The van der Waals surface area contributed by atoms with Crippen molar-refractivity contribution in [3.05, 3.63) is 45.4 Å². The molecule has 4 heteroatoms. The summed E-state index contributed by atoms with van der Waals surface area (Å²) in [6.07, 6.45) is 2.22. The zero-order valence-corrected chi connectivity index (χ0v) is 13.1. The van der Waals surface area contributed by atoms with Gasteiger partial charge in [0.15, 0.2) is 0 Å². The van der Waals surface area contributed by atoms with Gasteiger partial charge in [-0.2, -0.15) is 0 Å². The molecule has 0 saturated carbocycles. The van der Waals surface area contributed by atoms with Gasteiger partial charge in [-0.05, 0) is 44.7 Å². The topological polar surface area (TPSA) is 37.8 Å². The van der Waals surface area contributed by atoms with Crippen LogP contribution in [-0.2, 0) is 19.4 Å². The molecule has 0 unspecified atom stereocenters. The molecule has 0 aliphatic heterocycles. The molecule has 0 amide bonds. The lowest BCUT2D eigenvalue weighted by molar-refractivity contribution is 0.423. The number of nitrogens with zero attached hydrogens (tertiary/aromatic N) is 2. The van der Waals surface area contributed by atoms with E-state index in [4.69, 9.17) is 0 Å². The van der Waals surface area contributed by atoms with Gasteiger partial charge in [0.05, 0.1) is 6.54 Å². The van der Waals surface area contributed by atoms with E-state index < -0.39 is 0 Å². The van der Waals surface area contributed by atoms with Gasteiger partial charge in [-0.1, -0.05) is 35.6 Å². The summed E-state index contributed by atoms with van der Waals surface area (Å²) in [5.74, 6) is 0.522. The highest BCUT2D eigenvalue weighted by atomic mass is 32.1. The van der Waals surface area contributed by atoms with Crippen LogP contribution in [0.1, 0.15) is 47.8 Å². The van der Waals surface area contributed by atoms with Crippen LogP contribution in [0.15, 0.2) is 24.3 Å². The van der Waals surface area contributed by atoms with Crippen LogP contribution in [0.3, 0.4) is 0 Å². The summed E-state index contributed by atoms with van der Waals surface area (Å²) in [5, 5.41) is 14.5. The van der Waals surface area contributed by atoms with E-state index in [9.17, 15) is 0 Å². The van der Waals surface area contributed by atoms with Crippen molar-refractivity contribution < 1.29 is 0 Å². The molecule has 1 aliphatic rings. The fourth-order valence-corrected chi connectivity index (χ4v) is 3.46. The fraction of sp³-hybridized carbons (Fsp3) is 0.500. The lowest BCUT2D eigenvalue weighted by Gasteiger charge is -2.19. The zero-order valence-electron chi connectivity index (χ0n) is 12.3. The quantitative estimate of drug-likeness (QED) is 0.941. The summed E-state index contributed by atoms with van der Waals surface area (Å²) < 4.78 is 0. The highest BCUT2D eigenvalue weighted by Crippen LogP contribution is 2.35. The second-order valence-electron chi connectivity index (χ2n) is 6.51. The molecule has 3 rings (SSSR count). The molecule has 1 aliphatic carbocycles. The Morgan fingerprint density at radius 3 is 2.40 bits per heavy atom. The lowest BCUT2D eigenvalue weighted by atomic mass is 10.1. The Morgan fingerprint density at radius 1 is 1.15 bits per heavy atom. The van der Waals surface area contributed by atoms with Gasteiger partial charge >= 0.3 is 0 Å². The number of hydrogen-bond acceptors (Lipinski definition) is 4. The normalized spacial score (nSPS) is 15.6. The van der Waals surface area contributed by atoms with E-state index in [0.29, 0.717) is 5.92 Å². The molecular formula is C16H21N3S. The van der Waals surface area contributed by atoms with Crippen LogP contribution >= 0.6 is 11.3 Å². The van der Waals surface area contributed by atoms with E-state index in [0.717, 1.165) is 24.4 Å². The van der Waals surface area contributed by atoms with Crippen molar-refractivity contribution in [2.75, 3.05) is 0 Å². The maximum Gasteiger partial charge on any atom is 0.131 e. The van der Waals surface area contributed by atoms with Gasteiger partial charge in [-0.25, -0.2) is 0 Å². The van der Waals surface area contributed by atoms with Crippen LogP contribution < -0.4 is 5.32 Å². The van der Waals surface area contributed by atoms with Gasteiger partial charge in [-0.15, -0.1) is 10.2 Å². The Balaban J connectivity index is 1.67. The third-order valence-corrected chi connectivity index (χ3v) is 4.74. The molecule has 106 valence electrons. The molecule has 0 radical (unpaired) electrons. The van der Waals surface area contributed by atoms with Crippen molar-refractivity contribution in [2.24, 2.45) is 0 Å². The molecule has 1 aromatic heterocycles. The first-order chi connectivity index (χ1) is 9.51. The van der Waals surface area contributed by atoms with Gasteiger partial charge in [0, 0.05) is 11.5 Å². The zero-order chi connectivity index (χ0) is 14.2. The highest BCUT2D eigenvalue weighted by molar-refractivity contribution is 7.11. The SMILES string of the molecule is CC(C)(C)NCc1nnc(C2Cc3ccccc3C2)s1. The minimum Gasteiger partial charge on any atom is -0.306 e. The van der Waals surface area contributed by atoms with Gasteiger partial charge < -0.3 is 5.32 Å². The number of rotatable bonds is 3. The average molecular weight is 287 g/mol. The van der Waals surface area contributed by atoms with Gasteiger partial charge in [0.1, 0.15) is 10.0 Å². The van der Waals surface area contributed by atoms with Crippen LogP contribution in [-0.4, -0.2) is 15.7 Å². The monoisotopic (exact) mass is 287 g/mol. The van der Waals surface area contributed by atoms with Crippen molar-refractivity contribution >= 4 is 11.3 Å². The summed E-state index contributed by atoms with van der Waals surface area (Å²) >= 11 is 1.76. The summed E-state index contributed by atoms with van der Waals surface area (Å²) in [6, 6.07) is 8.72. The summed E-state index contributed by atoms with van der Waals surface area (Å²) in [5.41, 5.74) is 3.07. The largest absolute Gasteiger partial charge is 0.306 e. The summed E-state index contributed by atoms with van der Waals surface area (Å²) in [4.78, 5) is 0. The van der Waals surface area contributed by atoms with E-state index in [2.05, 4.69) is 60.6 Å². The Morgan fingerprint density at radius 2 is 1.80 bits per heavy atom. The summed E-state index contributed by atoms with van der Waals surface area (Å²) in [6.45, 7) is 7.31. The van der Waals surface area contributed by atoms with Crippen LogP contribution in [0, 0.1) is 0 Å². The van der Waals surface area contributed by atoms with Gasteiger partial charge in [-0.3, -0.25) is 0 Å². The molecule has 20 heavy (non-hydrogen) atoms. The maximum absolute atomic E-state index is 4.41. The van der Waals surface area contributed by atoms with Crippen molar-refractivity contribution in [3.8, 4) is 0 Å². The van der Waals surface area contributed by atoms with Crippen LogP contribution in [0.4, 0.5) is 0 Å². The van der Waals surface area contributed by atoms with E-state index in [-0.39, 0.29) is 5.54 Å². The van der Waals surface area contributed by atoms with Crippen LogP contribution in [0.25, 0.3) is 0 Å².